The number of benzene rings is 1. The van der Waals surface area contributed by atoms with Crippen LogP contribution in [0.2, 0.25) is 0 Å². The molecule has 1 atom stereocenters. The minimum absolute atomic E-state index is 0.0394. The van der Waals surface area contributed by atoms with Crippen molar-refractivity contribution in [3.05, 3.63) is 50.1 Å². The molecule has 1 unspecified atom stereocenters. The van der Waals surface area contributed by atoms with Gasteiger partial charge in [0, 0.05) is 14.9 Å². The largest absolute Gasteiger partial charge is 0.493 e. The minimum Gasteiger partial charge on any atom is -0.493 e. The van der Waals surface area contributed by atoms with E-state index in [0.29, 0.717) is 0 Å². The zero-order valence-electron chi connectivity index (χ0n) is 10.4. The number of ether oxygens (including phenoxy) is 1. The lowest BCUT2D eigenvalue weighted by Gasteiger charge is -2.24. The number of hydrogen-bond donors (Lipinski definition) is 2. The Kier molecular flexibility index (Phi) is 3.88. The van der Waals surface area contributed by atoms with Crippen LogP contribution in [0.15, 0.2) is 34.1 Å². The van der Waals surface area contributed by atoms with Crippen LogP contribution in [0.5, 0.6) is 5.75 Å². The highest BCUT2D eigenvalue weighted by Crippen LogP contribution is 2.39. The highest BCUT2D eigenvalue weighted by atomic mass is 79.9. The molecule has 1 aromatic carbocycles. The summed E-state index contributed by atoms with van der Waals surface area (Å²) in [5.41, 5.74) is 5.30. The van der Waals surface area contributed by atoms with E-state index in [9.17, 15) is 0 Å². The van der Waals surface area contributed by atoms with Gasteiger partial charge in [0.05, 0.1) is 12.6 Å². The molecule has 0 radical (unpaired) electrons. The van der Waals surface area contributed by atoms with Crippen LogP contribution in [0.25, 0.3) is 0 Å². The number of hydrazine groups is 1. The lowest BCUT2D eigenvalue weighted by atomic mass is 9.97. The maximum absolute atomic E-state index is 5.87. The molecule has 0 aliphatic carbocycles. The van der Waals surface area contributed by atoms with E-state index in [1.807, 2.05) is 6.07 Å². The topological polar surface area (TPSA) is 47.3 Å². The Labute approximate surface area is 124 Å². The van der Waals surface area contributed by atoms with Crippen molar-refractivity contribution in [2.45, 2.75) is 18.9 Å². The van der Waals surface area contributed by atoms with Gasteiger partial charge in [0.25, 0.3) is 0 Å². The van der Waals surface area contributed by atoms with E-state index in [0.717, 1.165) is 35.2 Å². The van der Waals surface area contributed by atoms with Gasteiger partial charge < -0.3 is 4.74 Å². The summed E-state index contributed by atoms with van der Waals surface area (Å²) in [5.74, 6) is 6.78. The summed E-state index contributed by atoms with van der Waals surface area (Å²) in [4.78, 5) is 1.17. The van der Waals surface area contributed by atoms with Crippen LogP contribution in [0.4, 0.5) is 0 Å². The molecule has 0 spiro atoms. The molecular formula is C14H15BrN2OS. The third-order valence-corrected chi connectivity index (χ3v) is 5.28. The van der Waals surface area contributed by atoms with Crippen LogP contribution >= 0.6 is 27.3 Å². The Morgan fingerprint density at radius 2 is 2.26 bits per heavy atom. The Morgan fingerprint density at radius 1 is 1.37 bits per heavy atom. The number of halogens is 1. The molecular weight excluding hydrogens is 324 g/mol. The van der Waals surface area contributed by atoms with Crippen LogP contribution in [0, 0.1) is 0 Å². The maximum Gasteiger partial charge on any atom is 0.127 e. The van der Waals surface area contributed by atoms with Crippen LogP contribution < -0.4 is 16.0 Å². The van der Waals surface area contributed by atoms with Gasteiger partial charge in [-0.15, -0.1) is 11.3 Å². The minimum atomic E-state index is -0.0394. The second-order valence-electron chi connectivity index (χ2n) is 4.52. The molecule has 1 aliphatic rings. The number of hydrogen-bond acceptors (Lipinski definition) is 4. The first kappa shape index (κ1) is 13.1. The molecule has 0 amide bonds. The van der Waals surface area contributed by atoms with Crippen molar-refractivity contribution in [2.24, 2.45) is 5.84 Å². The van der Waals surface area contributed by atoms with E-state index in [4.69, 9.17) is 10.6 Å². The standard InChI is InChI=1S/C14H15BrN2OS/c15-11-6-8-19-14(11)12(17-16)10-5-1-3-9-4-2-7-18-13(9)10/h1,3,5-6,8,12,17H,2,4,7,16H2. The average molecular weight is 339 g/mol. The molecule has 100 valence electrons. The van der Waals surface area contributed by atoms with Crippen molar-refractivity contribution in [3.8, 4) is 5.75 Å². The predicted molar refractivity (Wildman–Crippen MR) is 81.4 cm³/mol. The Hall–Kier alpha value is -0.880. The highest BCUT2D eigenvalue weighted by molar-refractivity contribution is 9.10. The summed E-state index contributed by atoms with van der Waals surface area (Å²) < 4.78 is 6.95. The van der Waals surface area contributed by atoms with Gasteiger partial charge in [-0.3, -0.25) is 5.84 Å². The van der Waals surface area contributed by atoms with Crippen LogP contribution in [0.3, 0.4) is 0 Å². The lowest BCUT2D eigenvalue weighted by Crippen LogP contribution is -2.29. The Bertz CT molecular complexity index is 585. The molecule has 3 nitrogen and oxygen atoms in total. The van der Waals surface area contributed by atoms with Crippen LogP contribution in [-0.2, 0) is 6.42 Å². The molecule has 5 heteroatoms. The predicted octanol–water partition coefficient (Wildman–Crippen LogP) is 3.39. The fourth-order valence-corrected chi connectivity index (χ4v) is 4.14. The number of para-hydroxylation sites is 1. The molecule has 0 bridgehead atoms. The smallest absolute Gasteiger partial charge is 0.127 e. The quantitative estimate of drug-likeness (QED) is 0.666. The van der Waals surface area contributed by atoms with E-state index in [2.05, 4.69) is 44.9 Å². The summed E-state index contributed by atoms with van der Waals surface area (Å²) in [5, 5.41) is 2.06. The molecule has 3 N–H and O–H groups in total. The van der Waals surface area contributed by atoms with Gasteiger partial charge in [-0.05, 0) is 45.8 Å². The number of nitrogens with one attached hydrogen (secondary N) is 1. The highest BCUT2D eigenvalue weighted by Gasteiger charge is 2.23. The molecule has 19 heavy (non-hydrogen) atoms. The summed E-state index contributed by atoms with van der Waals surface area (Å²) in [6, 6.07) is 8.30. The van der Waals surface area contributed by atoms with E-state index >= 15 is 0 Å². The summed E-state index contributed by atoms with van der Waals surface area (Å²) in [7, 11) is 0. The van der Waals surface area contributed by atoms with Gasteiger partial charge >= 0.3 is 0 Å². The molecule has 2 heterocycles. The Balaban J connectivity index is 2.07. The third-order valence-electron chi connectivity index (χ3n) is 3.35. The van der Waals surface area contributed by atoms with E-state index in [-0.39, 0.29) is 6.04 Å². The van der Waals surface area contributed by atoms with E-state index < -0.39 is 0 Å². The summed E-state index contributed by atoms with van der Waals surface area (Å²) in [6.45, 7) is 0.785. The molecule has 0 saturated heterocycles. The van der Waals surface area contributed by atoms with Gasteiger partial charge in [0.1, 0.15) is 5.75 Å². The molecule has 0 saturated carbocycles. The normalized spacial score (nSPS) is 15.7. The van der Waals surface area contributed by atoms with Crippen LogP contribution in [0.1, 0.15) is 28.5 Å². The first-order valence-corrected chi connectivity index (χ1v) is 7.92. The summed E-state index contributed by atoms with van der Waals surface area (Å²) in [6.07, 6.45) is 2.16. The van der Waals surface area contributed by atoms with E-state index in [1.54, 1.807) is 11.3 Å². The Morgan fingerprint density at radius 3 is 3.00 bits per heavy atom. The van der Waals surface area contributed by atoms with Gasteiger partial charge in [-0.1, -0.05) is 18.2 Å². The zero-order valence-corrected chi connectivity index (χ0v) is 12.8. The second kappa shape index (κ2) is 5.63. The van der Waals surface area contributed by atoms with Crippen LogP contribution in [-0.4, -0.2) is 6.61 Å². The van der Waals surface area contributed by atoms with Crippen molar-refractivity contribution >= 4 is 27.3 Å². The maximum atomic E-state index is 5.87. The van der Waals surface area contributed by atoms with Gasteiger partial charge in [-0.2, -0.15) is 0 Å². The van der Waals surface area contributed by atoms with Crippen molar-refractivity contribution < 1.29 is 4.74 Å². The molecule has 1 aliphatic heterocycles. The number of aryl methyl sites for hydroxylation is 1. The molecule has 1 aromatic heterocycles. The van der Waals surface area contributed by atoms with Crippen molar-refractivity contribution in [1.29, 1.82) is 0 Å². The average Bonchev–Trinajstić information content (AvgIpc) is 2.86. The summed E-state index contributed by atoms with van der Waals surface area (Å²) >= 11 is 5.26. The van der Waals surface area contributed by atoms with Crippen molar-refractivity contribution in [3.63, 3.8) is 0 Å². The zero-order chi connectivity index (χ0) is 13.2. The lowest BCUT2D eigenvalue weighted by molar-refractivity contribution is 0.283. The van der Waals surface area contributed by atoms with E-state index in [1.165, 1.54) is 10.4 Å². The number of nitrogens with two attached hydrogens (primary N) is 1. The molecule has 2 aromatic rings. The van der Waals surface area contributed by atoms with Gasteiger partial charge in [-0.25, -0.2) is 5.43 Å². The fourth-order valence-electron chi connectivity index (χ4n) is 2.46. The van der Waals surface area contributed by atoms with Crippen molar-refractivity contribution in [1.82, 2.24) is 5.43 Å². The van der Waals surface area contributed by atoms with Gasteiger partial charge in [0.15, 0.2) is 0 Å². The number of fused-ring (bicyclic) bond motifs is 1. The number of thiophene rings is 1. The SMILES string of the molecule is NNC(c1cccc2c1OCCC2)c1sccc1Br. The first-order valence-electron chi connectivity index (χ1n) is 6.25. The first-order chi connectivity index (χ1) is 9.31. The fraction of sp³-hybridized carbons (Fsp3) is 0.286. The third kappa shape index (κ3) is 2.43. The van der Waals surface area contributed by atoms with Crippen molar-refractivity contribution in [2.75, 3.05) is 6.61 Å². The molecule has 0 fully saturated rings. The van der Waals surface area contributed by atoms with Gasteiger partial charge in [0.2, 0.25) is 0 Å². The molecule has 3 rings (SSSR count). The number of rotatable bonds is 3. The monoisotopic (exact) mass is 338 g/mol. The second-order valence-corrected chi connectivity index (χ2v) is 6.32.